The van der Waals surface area contributed by atoms with Gasteiger partial charge in [-0.1, -0.05) is 42.0 Å². The highest BCUT2D eigenvalue weighted by Gasteiger charge is 2.23. The van der Waals surface area contributed by atoms with Crippen molar-refractivity contribution >= 4 is 22.3 Å². The lowest BCUT2D eigenvalue weighted by Crippen LogP contribution is -2.04. The second-order valence-corrected chi connectivity index (χ2v) is 7.48. The fraction of sp³-hybridized carbons (Fsp3) is 0.0526. The van der Waals surface area contributed by atoms with Crippen molar-refractivity contribution < 1.29 is 0 Å². The van der Waals surface area contributed by atoms with Crippen LogP contribution in [-0.2, 0) is 0 Å². The van der Waals surface area contributed by atoms with Gasteiger partial charge in [-0.25, -0.2) is 0 Å². The number of fused-ring (bicyclic) bond motifs is 2. The third kappa shape index (κ3) is 2.12. The van der Waals surface area contributed by atoms with Crippen LogP contribution in [0.25, 0.3) is 0 Å². The zero-order valence-electron chi connectivity index (χ0n) is 11.9. The topological polar surface area (TPSA) is 12.0 Å². The Bertz CT molecular complexity index is 747. The standard InChI is InChI=1S/C19H17NS/c1-14-10-12-15(13-11-14)21-18-8-4-2-6-16(18)20-17-7-3-5-9-19(17)21/h2-13,20-21H,1H3. The Balaban J connectivity index is 1.95. The summed E-state index contributed by atoms with van der Waals surface area (Å²) in [4.78, 5) is 4.24. The van der Waals surface area contributed by atoms with Crippen molar-refractivity contribution in [3.8, 4) is 0 Å². The zero-order chi connectivity index (χ0) is 14.2. The predicted molar refractivity (Wildman–Crippen MR) is 91.1 cm³/mol. The number of nitrogens with one attached hydrogen (secondary N) is 1. The quantitative estimate of drug-likeness (QED) is 0.439. The van der Waals surface area contributed by atoms with Gasteiger partial charge >= 0.3 is 0 Å². The van der Waals surface area contributed by atoms with E-state index in [9.17, 15) is 0 Å². The number of anilines is 2. The second-order valence-electron chi connectivity index (χ2n) is 5.33. The van der Waals surface area contributed by atoms with Gasteiger partial charge in [-0.3, -0.25) is 0 Å². The van der Waals surface area contributed by atoms with E-state index in [4.69, 9.17) is 0 Å². The summed E-state index contributed by atoms with van der Waals surface area (Å²) in [6.07, 6.45) is 0. The van der Waals surface area contributed by atoms with Gasteiger partial charge in [0.2, 0.25) is 0 Å². The summed E-state index contributed by atoms with van der Waals surface area (Å²) < 4.78 is 0. The van der Waals surface area contributed by atoms with E-state index in [1.807, 2.05) is 0 Å². The third-order valence-corrected chi connectivity index (χ3v) is 6.41. The molecule has 21 heavy (non-hydrogen) atoms. The summed E-state index contributed by atoms with van der Waals surface area (Å²) in [5.41, 5.74) is 3.79. The number of benzene rings is 3. The van der Waals surface area contributed by atoms with Gasteiger partial charge in [0.05, 0.1) is 11.4 Å². The number of thiol groups is 1. The maximum absolute atomic E-state index is 3.57. The van der Waals surface area contributed by atoms with Crippen molar-refractivity contribution in [1.82, 2.24) is 0 Å². The van der Waals surface area contributed by atoms with Gasteiger partial charge in [-0.15, -0.1) is 0 Å². The van der Waals surface area contributed by atoms with Crippen LogP contribution >= 0.6 is 10.9 Å². The Morgan fingerprint density at radius 3 is 1.76 bits per heavy atom. The Hall–Kier alpha value is -2.19. The molecule has 0 aliphatic carbocycles. The Labute approximate surface area is 128 Å². The average molecular weight is 291 g/mol. The molecular weight excluding hydrogens is 274 g/mol. The Morgan fingerprint density at radius 2 is 1.19 bits per heavy atom. The smallest absolute Gasteiger partial charge is 0.0511 e. The number of aryl methyl sites for hydroxylation is 1. The van der Waals surface area contributed by atoms with Crippen LogP contribution in [0.2, 0.25) is 0 Å². The molecule has 2 heteroatoms. The molecule has 0 amide bonds. The van der Waals surface area contributed by atoms with Crippen LogP contribution in [0, 0.1) is 6.92 Å². The molecule has 0 saturated carbocycles. The molecule has 0 saturated heterocycles. The second kappa shape index (κ2) is 4.97. The van der Waals surface area contributed by atoms with Gasteiger partial charge in [0.25, 0.3) is 0 Å². The first kappa shape index (κ1) is 12.5. The van der Waals surface area contributed by atoms with Crippen LogP contribution in [0.15, 0.2) is 87.5 Å². The van der Waals surface area contributed by atoms with Gasteiger partial charge in [-0.2, -0.15) is 10.9 Å². The molecule has 0 bridgehead atoms. The van der Waals surface area contributed by atoms with E-state index in [-0.39, 0.29) is 0 Å². The fourth-order valence-corrected chi connectivity index (χ4v) is 5.27. The minimum atomic E-state index is -0.473. The lowest BCUT2D eigenvalue weighted by Gasteiger charge is -2.32. The molecule has 3 aromatic carbocycles. The number of para-hydroxylation sites is 2. The van der Waals surface area contributed by atoms with E-state index < -0.39 is 10.9 Å². The molecule has 0 atom stereocenters. The summed E-state index contributed by atoms with van der Waals surface area (Å²) in [5.74, 6) is 0. The molecule has 1 nitrogen and oxygen atoms in total. The zero-order valence-corrected chi connectivity index (χ0v) is 12.8. The molecule has 1 heterocycles. The van der Waals surface area contributed by atoms with Crippen molar-refractivity contribution in [3.63, 3.8) is 0 Å². The Morgan fingerprint density at radius 1 is 0.667 bits per heavy atom. The molecule has 3 aromatic rings. The van der Waals surface area contributed by atoms with E-state index >= 15 is 0 Å². The van der Waals surface area contributed by atoms with Crippen LogP contribution in [0.3, 0.4) is 0 Å². The monoisotopic (exact) mass is 291 g/mol. The van der Waals surface area contributed by atoms with Crippen LogP contribution in [-0.4, -0.2) is 0 Å². The van der Waals surface area contributed by atoms with E-state index in [1.54, 1.807) is 0 Å². The maximum Gasteiger partial charge on any atom is 0.0511 e. The molecule has 1 aliphatic heterocycles. The largest absolute Gasteiger partial charge is 0.354 e. The molecular formula is C19H17NS. The van der Waals surface area contributed by atoms with E-state index in [0.717, 1.165) is 0 Å². The maximum atomic E-state index is 3.57. The highest BCUT2D eigenvalue weighted by Crippen LogP contribution is 2.59. The van der Waals surface area contributed by atoms with Crippen molar-refractivity contribution in [2.45, 2.75) is 21.6 Å². The van der Waals surface area contributed by atoms with Crippen molar-refractivity contribution in [1.29, 1.82) is 0 Å². The van der Waals surface area contributed by atoms with Crippen molar-refractivity contribution in [3.05, 3.63) is 78.4 Å². The summed E-state index contributed by atoms with van der Waals surface area (Å²) in [7, 11) is -0.473. The van der Waals surface area contributed by atoms with Crippen LogP contribution in [0.5, 0.6) is 0 Å². The minimum Gasteiger partial charge on any atom is -0.354 e. The van der Waals surface area contributed by atoms with Crippen LogP contribution in [0.1, 0.15) is 5.56 Å². The average Bonchev–Trinajstić information content (AvgIpc) is 2.53. The lowest BCUT2D eigenvalue weighted by atomic mass is 10.2. The van der Waals surface area contributed by atoms with Gasteiger partial charge in [0.15, 0.2) is 0 Å². The molecule has 0 radical (unpaired) electrons. The lowest BCUT2D eigenvalue weighted by molar-refractivity contribution is 1.26. The molecule has 1 aliphatic rings. The van der Waals surface area contributed by atoms with Gasteiger partial charge in [0.1, 0.15) is 0 Å². The third-order valence-electron chi connectivity index (χ3n) is 3.85. The van der Waals surface area contributed by atoms with E-state index in [1.165, 1.54) is 31.6 Å². The molecule has 1 N–H and O–H groups in total. The minimum absolute atomic E-state index is 0.473. The molecule has 0 fully saturated rings. The predicted octanol–water partition coefficient (Wildman–Crippen LogP) is 5.53. The number of hydrogen-bond acceptors (Lipinski definition) is 1. The SMILES string of the molecule is Cc1ccc([SH]2c3ccccc3Nc3ccccc32)cc1. The van der Waals surface area contributed by atoms with Gasteiger partial charge < -0.3 is 5.32 Å². The van der Waals surface area contributed by atoms with Crippen molar-refractivity contribution in [2.75, 3.05) is 5.32 Å². The highest BCUT2D eigenvalue weighted by molar-refractivity contribution is 8.17. The van der Waals surface area contributed by atoms with Crippen LogP contribution in [0.4, 0.5) is 11.4 Å². The molecule has 0 unspecified atom stereocenters. The summed E-state index contributed by atoms with van der Waals surface area (Å²) in [6.45, 7) is 2.14. The van der Waals surface area contributed by atoms with Crippen molar-refractivity contribution in [2.24, 2.45) is 0 Å². The first-order valence-corrected chi connectivity index (χ1v) is 8.49. The summed E-state index contributed by atoms with van der Waals surface area (Å²) >= 11 is 0. The molecule has 0 spiro atoms. The van der Waals surface area contributed by atoms with Gasteiger partial charge in [0, 0.05) is 9.79 Å². The fourth-order valence-electron chi connectivity index (χ4n) is 2.80. The van der Waals surface area contributed by atoms with E-state index in [2.05, 4.69) is 85.0 Å². The normalized spacial score (nSPS) is 14.0. The summed E-state index contributed by atoms with van der Waals surface area (Å²) in [5, 5.41) is 3.57. The first-order chi connectivity index (χ1) is 10.3. The molecule has 0 aromatic heterocycles. The molecule has 4 rings (SSSR count). The number of rotatable bonds is 1. The van der Waals surface area contributed by atoms with Crippen LogP contribution < -0.4 is 5.32 Å². The highest BCUT2D eigenvalue weighted by atomic mass is 32.2. The number of hydrogen-bond donors (Lipinski definition) is 2. The first-order valence-electron chi connectivity index (χ1n) is 7.15. The summed E-state index contributed by atoms with van der Waals surface area (Å²) in [6, 6.07) is 26.3. The molecule has 104 valence electrons. The van der Waals surface area contributed by atoms with Gasteiger partial charge in [-0.05, 0) is 48.2 Å². The van der Waals surface area contributed by atoms with E-state index in [0.29, 0.717) is 0 Å². The Kier molecular flexibility index (Phi) is 2.97.